The minimum Gasteiger partial charge on any atom is -0.114 e. The third kappa shape index (κ3) is 8.83. The third-order valence-electron chi connectivity index (χ3n) is 0. The highest BCUT2D eigenvalue weighted by Gasteiger charge is 0.317. The molecule has 0 spiro atoms. The van der Waals surface area contributed by atoms with Crippen LogP contribution in [-0.2, 0) is 0 Å². The van der Waals surface area contributed by atoms with Gasteiger partial charge in [0.2, 0.25) is 0 Å². The SMILES string of the molecule is Br.I.[MgH2].[MgH2]. The Balaban J connectivity index is 0. The van der Waals surface area contributed by atoms with E-state index in [1.807, 2.05) is 0 Å². The second-order valence-electron chi connectivity index (χ2n) is 0. The van der Waals surface area contributed by atoms with Crippen LogP contribution < -0.4 is 0 Å². The van der Waals surface area contributed by atoms with Crippen molar-refractivity contribution in [3.8, 4) is 0 Å². The average molecular weight is 261 g/mol. The Morgan fingerprint density at radius 2 is 0.750 bits per heavy atom. The first-order valence-electron chi connectivity index (χ1n) is 0. The fourth-order valence-electron chi connectivity index (χ4n) is 0. The molecule has 0 bridgehead atoms. The van der Waals surface area contributed by atoms with Crippen LogP contribution in [0.25, 0.3) is 0 Å². The molecule has 0 unspecified atom stereocenters. The van der Waals surface area contributed by atoms with E-state index in [1.165, 1.54) is 0 Å². The first-order chi connectivity index (χ1) is 0. The van der Waals surface area contributed by atoms with Gasteiger partial charge >= 0.3 is 46.1 Å². The van der Waals surface area contributed by atoms with E-state index >= 15 is 0 Å². The molecule has 0 aromatic rings. The van der Waals surface area contributed by atoms with E-state index in [0.29, 0.717) is 0 Å². The maximum absolute atomic E-state index is 0. The van der Waals surface area contributed by atoms with Gasteiger partial charge in [0.1, 0.15) is 0 Å². The quantitative estimate of drug-likeness (QED) is 0.402. The predicted molar refractivity (Wildman–Crippen MR) is 42.8 cm³/mol. The topological polar surface area (TPSA) is 0 Å². The zero-order chi connectivity index (χ0) is 0. The van der Waals surface area contributed by atoms with Crippen LogP contribution in [0.3, 0.4) is 0 Å². The van der Waals surface area contributed by atoms with Crippen molar-refractivity contribution in [2.24, 2.45) is 0 Å². The van der Waals surface area contributed by atoms with E-state index in [1.54, 1.807) is 0 Å². The molecule has 4 heavy (non-hydrogen) atoms. The summed E-state index contributed by atoms with van der Waals surface area (Å²) in [6.07, 6.45) is 0. The molecule has 0 aromatic carbocycles. The number of halogens is 2. The molecule has 24 valence electrons. The summed E-state index contributed by atoms with van der Waals surface area (Å²) in [6, 6.07) is 0. The molecule has 0 heterocycles. The van der Waals surface area contributed by atoms with E-state index in [9.17, 15) is 0 Å². The smallest absolute Gasteiger partial charge is 0.114 e. The molecule has 0 radical (unpaired) electrons. The lowest BCUT2D eigenvalue weighted by Crippen LogP contribution is -0.382. The molecular formula is H6BrIMg2. The highest BCUT2D eigenvalue weighted by atomic mass is 127. The van der Waals surface area contributed by atoms with Crippen LogP contribution in [0.5, 0.6) is 0 Å². The van der Waals surface area contributed by atoms with Gasteiger partial charge < -0.3 is 0 Å². The Kier molecular flexibility index (Phi) is 127. The van der Waals surface area contributed by atoms with Crippen molar-refractivity contribution >= 4 is 87.1 Å². The van der Waals surface area contributed by atoms with Crippen molar-refractivity contribution in [1.29, 1.82) is 0 Å². The second kappa shape index (κ2) is 17.2. The first kappa shape index (κ1) is 29.6. The van der Waals surface area contributed by atoms with Gasteiger partial charge in [0.05, 0.1) is 0 Å². The Morgan fingerprint density at radius 3 is 0.750 bits per heavy atom. The molecule has 0 fully saturated rings. The molecule has 0 amide bonds. The molecule has 0 aromatic heterocycles. The lowest BCUT2D eigenvalue weighted by Gasteiger charge is -0.114. The van der Waals surface area contributed by atoms with Crippen LogP contribution in [-0.4, -0.2) is 46.1 Å². The maximum Gasteiger partial charge on any atom is 0.316 e. The van der Waals surface area contributed by atoms with Crippen LogP contribution in [0.15, 0.2) is 0 Å². The molecule has 0 saturated heterocycles. The molecule has 0 atom stereocenters. The van der Waals surface area contributed by atoms with Gasteiger partial charge in [-0.1, -0.05) is 0 Å². The molecule has 0 aliphatic rings. The Morgan fingerprint density at radius 1 is 0.750 bits per heavy atom. The lowest BCUT2D eigenvalue weighted by atomic mass is 24.3. The normalized spacial score (nSPS) is 0. The van der Waals surface area contributed by atoms with E-state index in [4.69, 9.17) is 0 Å². The zero-order valence-corrected chi connectivity index (χ0v) is 4.86. The summed E-state index contributed by atoms with van der Waals surface area (Å²) >= 11 is 0. The van der Waals surface area contributed by atoms with E-state index in [-0.39, 0.29) is 87.1 Å². The van der Waals surface area contributed by atoms with Crippen LogP contribution >= 0.6 is 41.0 Å². The van der Waals surface area contributed by atoms with Crippen LogP contribution in [0.1, 0.15) is 0 Å². The lowest BCUT2D eigenvalue weighted by molar-refractivity contribution is 5.75. The van der Waals surface area contributed by atoms with Crippen molar-refractivity contribution in [1.82, 2.24) is 0 Å². The molecule has 4 heteroatoms. The Bertz CT molecular complexity index is 6.00. The molecule has 0 saturated carbocycles. The highest BCUT2D eigenvalue weighted by Crippen LogP contribution is 0.886. The number of rotatable bonds is 0. The fraction of sp³-hybridized carbons (Fsp3) is 0. The van der Waals surface area contributed by atoms with Gasteiger partial charge in [-0.15, -0.1) is 41.0 Å². The molecular weight excluding hydrogens is 255 g/mol. The third-order valence-corrected chi connectivity index (χ3v) is 0. The fourth-order valence-corrected chi connectivity index (χ4v) is 0. The van der Waals surface area contributed by atoms with Crippen LogP contribution in [0.2, 0.25) is 0 Å². The van der Waals surface area contributed by atoms with Crippen molar-refractivity contribution in [3.05, 3.63) is 0 Å². The minimum atomic E-state index is 0. The number of hydrogen-bond acceptors (Lipinski definition) is 0. The Labute approximate surface area is 85.6 Å². The van der Waals surface area contributed by atoms with Gasteiger partial charge in [-0.2, -0.15) is 0 Å². The maximum atomic E-state index is 0. The first-order valence-corrected chi connectivity index (χ1v) is 0. The average Bonchev–Trinajstić information content (AvgIpc) is 0. The van der Waals surface area contributed by atoms with Gasteiger partial charge in [0.25, 0.3) is 0 Å². The number of hydrogen-bond donors (Lipinski definition) is 0. The van der Waals surface area contributed by atoms with Gasteiger partial charge in [-0.3, -0.25) is 0 Å². The van der Waals surface area contributed by atoms with Crippen molar-refractivity contribution in [2.45, 2.75) is 0 Å². The standard InChI is InChI=1S/BrH.HI.2Mg.4H/h2*1H;;;;;;. The summed E-state index contributed by atoms with van der Waals surface area (Å²) in [5.74, 6) is 0. The van der Waals surface area contributed by atoms with E-state index < -0.39 is 0 Å². The minimum absolute atomic E-state index is 0. The summed E-state index contributed by atoms with van der Waals surface area (Å²) in [4.78, 5) is 0. The summed E-state index contributed by atoms with van der Waals surface area (Å²) in [6.45, 7) is 0. The summed E-state index contributed by atoms with van der Waals surface area (Å²) in [5.41, 5.74) is 0. The monoisotopic (exact) mass is 260 g/mol. The summed E-state index contributed by atoms with van der Waals surface area (Å²) < 4.78 is 0. The highest BCUT2D eigenvalue weighted by molar-refractivity contribution is 14.0. The predicted octanol–water partition coefficient (Wildman–Crippen LogP) is -0.637. The van der Waals surface area contributed by atoms with E-state index in [2.05, 4.69) is 0 Å². The zero-order valence-electron chi connectivity index (χ0n) is 0.816. The van der Waals surface area contributed by atoms with Crippen LogP contribution in [0.4, 0.5) is 0 Å². The largest absolute Gasteiger partial charge is 0.316 e. The molecule has 0 aliphatic carbocycles. The molecule has 0 nitrogen and oxygen atoms in total. The van der Waals surface area contributed by atoms with Crippen molar-refractivity contribution in [3.63, 3.8) is 0 Å². The van der Waals surface area contributed by atoms with Gasteiger partial charge in [-0.05, 0) is 0 Å². The second-order valence-corrected chi connectivity index (χ2v) is 0. The summed E-state index contributed by atoms with van der Waals surface area (Å²) in [5, 5.41) is 0. The molecule has 0 N–H and O–H groups in total. The Hall–Kier alpha value is 2.74. The molecule has 0 aliphatic heterocycles. The van der Waals surface area contributed by atoms with Gasteiger partial charge in [0, 0.05) is 0 Å². The van der Waals surface area contributed by atoms with E-state index in [0.717, 1.165) is 0 Å². The van der Waals surface area contributed by atoms with Crippen molar-refractivity contribution in [2.75, 3.05) is 0 Å². The molecule has 0 rings (SSSR count). The van der Waals surface area contributed by atoms with Crippen LogP contribution in [0, 0.1) is 0 Å². The van der Waals surface area contributed by atoms with Gasteiger partial charge in [-0.25, -0.2) is 0 Å². The van der Waals surface area contributed by atoms with Gasteiger partial charge in [0.15, 0.2) is 0 Å². The summed E-state index contributed by atoms with van der Waals surface area (Å²) in [7, 11) is 0. The van der Waals surface area contributed by atoms with Crippen molar-refractivity contribution < 1.29 is 0 Å².